The number of hydrogen-bond donors (Lipinski definition) is 5. The summed E-state index contributed by atoms with van der Waals surface area (Å²) in [4.78, 5) is 43.2. The number of aromatic nitrogens is 3. The van der Waals surface area contributed by atoms with Gasteiger partial charge in [0, 0.05) is 24.7 Å². The Kier molecular flexibility index (Phi) is 13.5. The maximum Gasteiger partial charge on any atom is 0.490 e. The molecule has 5 N–H and O–H groups in total. The molecule has 0 saturated heterocycles. The third-order valence-corrected chi connectivity index (χ3v) is 4.72. The number of thiazole rings is 1. The topological polar surface area (TPSA) is 184 Å². The van der Waals surface area contributed by atoms with E-state index in [1.165, 1.54) is 11.3 Å². The van der Waals surface area contributed by atoms with Crippen LogP contribution in [0.25, 0.3) is 0 Å². The van der Waals surface area contributed by atoms with Crippen LogP contribution in [0.4, 0.5) is 44.6 Å². The molecule has 226 valence electrons. The summed E-state index contributed by atoms with van der Waals surface area (Å²) in [5, 5.41) is 34.3. The van der Waals surface area contributed by atoms with Crippen LogP contribution in [-0.4, -0.2) is 79.0 Å². The lowest BCUT2D eigenvalue weighted by atomic mass is 10.1. The molecule has 2 aromatic heterocycles. The Hall–Kier alpha value is -3.95. The highest BCUT2D eigenvalue weighted by atomic mass is 32.1. The maximum absolute atomic E-state index is 12.2. The smallest absolute Gasteiger partial charge is 0.475 e. The van der Waals surface area contributed by atoms with E-state index in [1.807, 2.05) is 23.1 Å². The van der Waals surface area contributed by atoms with Gasteiger partial charge in [0.1, 0.15) is 0 Å². The van der Waals surface area contributed by atoms with Crippen molar-refractivity contribution in [3.63, 3.8) is 0 Å². The minimum atomic E-state index is -5.08. The molecule has 3 heterocycles. The molecule has 0 bridgehead atoms. The number of fused-ring (bicyclic) bond motifs is 1. The predicted molar refractivity (Wildman–Crippen MR) is 114 cm³/mol. The minimum Gasteiger partial charge on any atom is -0.475 e. The van der Waals surface area contributed by atoms with E-state index in [9.17, 15) is 44.3 Å². The third kappa shape index (κ3) is 14.3. The fourth-order valence-electron chi connectivity index (χ4n) is 2.12. The first-order valence-electron chi connectivity index (χ1n) is 9.90. The van der Waals surface area contributed by atoms with Gasteiger partial charge in [-0.3, -0.25) is 9.48 Å². The summed E-state index contributed by atoms with van der Waals surface area (Å²) in [5.41, 5.74) is 2.04. The Morgan fingerprint density at radius 2 is 1.40 bits per heavy atom. The van der Waals surface area contributed by atoms with E-state index in [2.05, 4.69) is 20.7 Å². The number of rotatable bonds is 2. The summed E-state index contributed by atoms with van der Waals surface area (Å²) < 4.78 is 97.1. The van der Waals surface area contributed by atoms with Crippen LogP contribution in [0.15, 0.2) is 17.6 Å². The van der Waals surface area contributed by atoms with Crippen LogP contribution in [0.5, 0.6) is 0 Å². The van der Waals surface area contributed by atoms with Gasteiger partial charge >= 0.3 is 36.4 Å². The molecule has 1 amide bonds. The lowest BCUT2D eigenvalue weighted by Crippen LogP contribution is -2.32. The van der Waals surface area contributed by atoms with Gasteiger partial charge < -0.3 is 26.0 Å². The zero-order valence-corrected chi connectivity index (χ0v) is 20.4. The molecule has 1 unspecified atom stereocenters. The van der Waals surface area contributed by atoms with Crippen molar-refractivity contribution in [2.45, 2.75) is 38.5 Å². The SMILES string of the molecule is Cc1csc(NC(=O)C2CNCc3ccnn3C2)n1.O=C(O)C(F)(F)F.O=C(O)C(F)(F)F.O=C(O)C(F)(F)F. The molecule has 3 rings (SSSR count). The maximum atomic E-state index is 12.2. The van der Waals surface area contributed by atoms with Gasteiger partial charge in [-0.25, -0.2) is 19.4 Å². The van der Waals surface area contributed by atoms with Gasteiger partial charge in [-0.05, 0) is 13.0 Å². The van der Waals surface area contributed by atoms with Crippen LogP contribution in [0.2, 0.25) is 0 Å². The molecular formula is C18H18F9N5O7S. The molecule has 12 nitrogen and oxygen atoms in total. The van der Waals surface area contributed by atoms with Gasteiger partial charge in [0.2, 0.25) is 5.91 Å². The Morgan fingerprint density at radius 1 is 0.950 bits per heavy atom. The summed E-state index contributed by atoms with van der Waals surface area (Å²) >= 11 is 1.45. The zero-order valence-electron chi connectivity index (χ0n) is 19.6. The van der Waals surface area contributed by atoms with Crippen molar-refractivity contribution in [2.75, 3.05) is 11.9 Å². The average Bonchev–Trinajstić information content (AvgIpc) is 3.35. The molecule has 22 heteroatoms. The largest absolute Gasteiger partial charge is 0.490 e. The molecule has 1 atom stereocenters. The van der Waals surface area contributed by atoms with E-state index in [-0.39, 0.29) is 11.8 Å². The van der Waals surface area contributed by atoms with E-state index in [0.717, 1.165) is 17.9 Å². The molecule has 2 aromatic rings. The number of amides is 1. The van der Waals surface area contributed by atoms with Crippen LogP contribution >= 0.6 is 11.3 Å². The van der Waals surface area contributed by atoms with Crippen LogP contribution in [-0.2, 0) is 32.3 Å². The molecule has 0 radical (unpaired) electrons. The quantitative estimate of drug-likeness (QED) is 0.313. The second-order valence-electron chi connectivity index (χ2n) is 7.02. The molecule has 1 aliphatic rings. The number of alkyl halides is 9. The molecule has 0 fully saturated rings. The van der Waals surface area contributed by atoms with Gasteiger partial charge in [0.15, 0.2) is 5.13 Å². The van der Waals surface area contributed by atoms with Crippen molar-refractivity contribution in [2.24, 2.45) is 5.92 Å². The molecule has 0 saturated carbocycles. The number of carbonyl (C=O) groups excluding carboxylic acids is 1. The predicted octanol–water partition coefficient (Wildman–Crippen LogP) is 2.91. The average molecular weight is 619 g/mol. The first-order valence-corrected chi connectivity index (χ1v) is 10.8. The van der Waals surface area contributed by atoms with Crippen molar-refractivity contribution in [1.29, 1.82) is 0 Å². The Bertz CT molecular complexity index is 1090. The molecular weight excluding hydrogens is 601 g/mol. The number of halogens is 9. The van der Waals surface area contributed by atoms with Crippen LogP contribution in [0, 0.1) is 12.8 Å². The second-order valence-corrected chi connectivity index (χ2v) is 7.88. The van der Waals surface area contributed by atoms with E-state index in [4.69, 9.17) is 29.7 Å². The highest BCUT2D eigenvalue weighted by molar-refractivity contribution is 7.13. The molecule has 0 spiro atoms. The van der Waals surface area contributed by atoms with Crippen molar-refractivity contribution in [1.82, 2.24) is 20.1 Å². The van der Waals surface area contributed by atoms with Gasteiger partial charge in [0.05, 0.1) is 23.9 Å². The van der Waals surface area contributed by atoms with Gasteiger partial charge in [-0.2, -0.15) is 44.6 Å². The molecule has 0 aliphatic carbocycles. The zero-order chi connectivity index (χ0) is 31.5. The summed E-state index contributed by atoms with van der Waals surface area (Å²) in [6.07, 6.45) is -13.5. The minimum absolute atomic E-state index is 0.00907. The first kappa shape index (κ1) is 36.1. The molecule has 1 aliphatic heterocycles. The number of nitrogens with one attached hydrogen (secondary N) is 2. The number of aliphatic carboxylic acids is 3. The Balaban J connectivity index is 0.000000603. The lowest BCUT2D eigenvalue weighted by molar-refractivity contribution is -0.193. The highest BCUT2D eigenvalue weighted by Gasteiger charge is 2.39. The fourth-order valence-corrected chi connectivity index (χ4v) is 2.81. The molecule has 0 aromatic carbocycles. The second kappa shape index (κ2) is 15.0. The van der Waals surface area contributed by atoms with Crippen LogP contribution in [0.3, 0.4) is 0 Å². The van der Waals surface area contributed by atoms with Crippen molar-refractivity contribution in [3.8, 4) is 0 Å². The van der Waals surface area contributed by atoms with Gasteiger partial charge in [0.25, 0.3) is 0 Å². The van der Waals surface area contributed by atoms with Crippen molar-refractivity contribution >= 4 is 40.3 Å². The summed E-state index contributed by atoms with van der Waals surface area (Å²) in [7, 11) is 0. The Morgan fingerprint density at radius 3 is 1.77 bits per heavy atom. The first-order chi connectivity index (χ1) is 18.1. The lowest BCUT2D eigenvalue weighted by Gasteiger charge is -2.13. The highest BCUT2D eigenvalue weighted by Crippen LogP contribution is 2.17. The van der Waals surface area contributed by atoms with E-state index in [1.54, 1.807) is 6.20 Å². The molecule has 40 heavy (non-hydrogen) atoms. The fraction of sp³-hybridized carbons (Fsp3) is 0.444. The van der Waals surface area contributed by atoms with Gasteiger partial charge in [-0.15, -0.1) is 11.3 Å². The summed E-state index contributed by atoms with van der Waals surface area (Å²) in [6.45, 7) is 3.92. The number of carboxylic acids is 3. The standard InChI is InChI=1S/C12H15N5OS.3C2HF3O2/c1-8-7-19-12(15-8)16-11(18)9-4-13-5-10-2-3-14-17(10)6-9;3*3-2(4,5)1(6)7/h2-3,7,9,13H,4-6H2,1H3,(H,15,16,18);3*(H,6,7). The Labute approximate surface area is 220 Å². The van der Waals surface area contributed by atoms with Gasteiger partial charge in [-0.1, -0.05) is 0 Å². The van der Waals surface area contributed by atoms with E-state index in [0.29, 0.717) is 18.2 Å². The summed E-state index contributed by atoms with van der Waals surface area (Å²) in [5.74, 6) is -8.41. The van der Waals surface area contributed by atoms with Crippen molar-refractivity contribution in [3.05, 3.63) is 29.0 Å². The number of carboxylic acid groups (broad SMARTS) is 3. The van der Waals surface area contributed by atoms with E-state index >= 15 is 0 Å². The van der Waals surface area contributed by atoms with E-state index < -0.39 is 36.4 Å². The van der Waals surface area contributed by atoms with Crippen LogP contribution in [0.1, 0.15) is 11.4 Å². The number of carbonyl (C=O) groups is 4. The number of hydrogen-bond acceptors (Lipinski definition) is 8. The normalized spacial score (nSPS) is 14.8. The number of aryl methyl sites for hydroxylation is 1. The third-order valence-electron chi connectivity index (χ3n) is 3.84. The monoisotopic (exact) mass is 619 g/mol. The van der Waals surface area contributed by atoms with Crippen LogP contribution < -0.4 is 10.6 Å². The summed E-state index contributed by atoms with van der Waals surface area (Å²) in [6, 6.07) is 1.97. The number of anilines is 1. The van der Waals surface area contributed by atoms with Crippen molar-refractivity contribution < 1.29 is 74.0 Å². The number of nitrogens with zero attached hydrogens (tertiary/aromatic N) is 3.